The number of hydrogen-bond donors (Lipinski definition) is 2. The molecule has 0 saturated heterocycles. The van der Waals surface area contributed by atoms with Gasteiger partial charge in [0.05, 0.1) is 6.42 Å². The maximum atomic E-state index is 12.5. The van der Waals surface area contributed by atoms with Gasteiger partial charge in [-0.05, 0) is 41.7 Å². The highest BCUT2D eigenvalue weighted by molar-refractivity contribution is 5.85. The van der Waals surface area contributed by atoms with E-state index >= 15 is 0 Å². The Morgan fingerprint density at radius 1 is 0.886 bits per heavy atom. The lowest BCUT2D eigenvalue weighted by atomic mass is 9.98. The summed E-state index contributed by atoms with van der Waals surface area (Å²) in [6.45, 7) is 3.47. The number of alkyl carbamates (subject to hydrolysis) is 1. The van der Waals surface area contributed by atoms with E-state index in [-0.39, 0.29) is 12.5 Å². The Hall–Kier alpha value is -4.13. The summed E-state index contributed by atoms with van der Waals surface area (Å²) in [6, 6.07) is 23.5. The fourth-order valence-electron chi connectivity index (χ4n) is 4.37. The second-order valence-electron chi connectivity index (χ2n) is 8.92. The van der Waals surface area contributed by atoms with Crippen LogP contribution < -0.4 is 5.32 Å². The molecule has 0 saturated carbocycles. The van der Waals surface area contributed by atoms with E-state index in [1.807, 2.05) is 78.9 Å². The predicted molar refractivity (Wildman–Crippen MR) is 130 cm³/mol. The van der Waals surface area contributed by atoms with Gasteiger partial charge in [0.15, 0.2) is 0 Å². The molecule has 3 aromatic carbocycles. The third-order valence-electron chi connectivity index (χ3n) is 6.14. The number of aliphatic carboxylic acids is 1. The third-order valence-corrected chi connectivity index (χ3v) is 6.14. The van der Waals surface area contributed by atoms with Crippen molar-refractivity contribution >= 4 is 18.0 Å². The van der Waals surface area contributed by atoms with Gasteiger partial charge in [-0.25, -0.2) is 9.59 Å². The van der Waals surface area contributed by atoms with Gasteiger partial charge >= 0.3 is 18.0 Å². The van der Waals surface area contributed by atoms with Gasteiger partial charge in [-0.2, -0.15) is 0 Å². The zero-order valence-electron chi connectivity index (χ0n) is 19.6. The number of esters is 1. The molecule has 1 aliphatic rings. The number of carbonyl (C=O) groups is 3. The van der Waals surface area contributed by atoms with Crippen molar-refractivity contribution in [1.29, 1.82) is 0 Å². The first-order valence-electron chi connectivity index (χ1n) is 11.4. The number of nitrogens with one attached hydrogen (secondary N) is 1. The number of carbonyl (C=O) groups excluding carboxylic acids is 2. The van der Waals surface area contributed by atoms with Gasteiger partial charge in [-0.3, -0.25) is 4.79 Å². The van der Waals surface area contributed by atoms with Crippen LogP contribution in [0.3, 0.4) is 0 Å². The molecule has 1 amide bonds. The maximum absolute atomic E-state index is 12.5. The molecule has 1 atom stereocenters. The van der Waals surface area contributed by atoms with Gasteiger partial charge in [0.1, 0.15) is 18.2 Å². The lowest BCUT2D eigenvalue weighted by molar-refractivity contribution is -0.160. The monoisotopic (exact) mass is 473 g/mol. The van der Waals surface area contributed by atoms with Crippen LogP contribution >= 0.6 is 0 Å². The molecule has 0 heterocycles. The summed E-state index contributed by atoms with van der Waals surface area (Å²) in [5.74, 6) is -2.26. The molecule has 7 heteroatoms. The van der Waals surface area contributed by atoms with Crippen LogP contribution in [-0.2, 0) is 24.7 Å². The van der Waals surface area contributed by atoms with E-state index in [4.69, 9.17) is 9.47 Å². The van der Waals surface area contributed by atoms with Gasteiger partial charge in [0.25, 0.3) is 0 Å². The Bertz CT molecular complexity index is 1190. The minimum atomic E-state index is -1.48. The molecule has 0 fully saturated rings. The second-order valence-corrected chi connectivity index (χ2v) is 8.92. The number of hydrogen-bond acceptors (Lipinski definition) is 5. The van der Waals surface area contributed by atoms with Crippen molar-refractivity contribution < 1.29 is 29.0 Å². The zero-order chi connectivity index (χ0) is 25.0. The van der Waals surface area contributed by atoms with Crippen LogP contribution in [0.15, 0.2) is 78.9 Å². The first-order chi connectivity index (χ1) is 16.8. The van der Waals surface area contributed by atoms with Crippen molar-refractivity contribution in [3.8, 4) is 11.1 Å². The van der Waals surface area contributed by atoms with Gasteiger partial charge in [0, 0.05) is 5.92 Å². The van der Waals surface area contributed by atoms with E-state index in [2.05, 4.69) is 5.32 Å². The highest BCUT2D eigenvalue weighted by Crippen LogP contribution is 2.44. The lowest BCUT2D eigenvalue weighted by Gasteiger charge is -2.26. The van der Waals surface area contributed by atoms with E-state index in [9.17, 15) is 19.5 Å². The largest absolute Gasteiger partial charge is 0.480 e. The molecule has 3 aromatic rings. The molecule has 180 valence electrons. The summed E-state index contributed by atoms with van der Waals surface area (Å²) in [5, 5.41) is 11.8. The molecular weight excluding hydrogens is 446 g/mol. The molecule has 1 aliphatic carbocycles. The Morgan fingerprint density at radius 2 is 1.43 bits per heavy atom. The topological polar surface area (TPSA) is 102 Å². The Labute approximate surface area is 203 Å². The van der Waals surface area contributed by atoms with Gasteiger partial charge in [-0.1, -0.05) is 78.9 Å². The number of amides is 1. The second kappa shape index (κ2) is 10.0. The minimum Gasteiger partial charge on any atom is -0.480 e. The molecule has 35 heavy (non-hydrogen) atoms. The smallest absolute Gasteiger partial charge is 0.407 e. The van der Waals surface area contributed by atoms with Crippen molar-refractivity contribution in [1.82, 2.24) is 5.32 Å². The summed E-state index contributed by atoms with van der Waals surface area (Å²) >= 11 is 0. The Kier molecular flexibility index (Phi) is 6.87. The molecular formula is C28H27NO6. The first-order valence-corrected chi connectivity index (χ1v) is 11.4. The normalized spacial score (nSPS) is 13.3. The molecule has 0 aliphatic heterocycles. The molecule has 0 aromatic heterocycles. The van der Waals surface area contributed by atoms with E-state index in [0.29, 0.717) is 0 Å². The number of carboxylic acids is 1. The third kappa shape index (κ3) is 5.35. The van der Waals surface area contributed by atoms with Crippen molar-refractivity contribution in [3.05, 3.63) is 95.6 Å². The van der Waals surface area contributed by atoms with Crippen LogP contribution in [0.25, 0.3) is 11.1 Å². The van der Waals surface area contributed by atoms with E-state index < -0.39 is 36.1 Å². The van der Waals surface area contributed by atoms with Gasteiger partial charge < -0.3 is 19.9 Å². The highest BCUT2D eigenvalue weighted by Gasteiger charge is 2.32. The van der Waals surface area contributed by atoms with Gasteiger partial charge in [0.2, 0.25) is 0 Å². The minimum absolute atomic E-state index is 0.0394. The van der Waals surface area contributed by atoms with Crippen molar-refractivity contribution in [2.45, 2.75) is 37.8 Å². The molecule has 0 radical (unpaired) electrons. The standard InChI is InChI=1S/C28H27NO6/c1-28(2,18-10-4-3-5-11-18)35-25(30)16-24(26(31)32)29-27(33)34-17-23-21-14-8-6-12-19(21)20-13-7-9-15-22(20)23/h3-15,23-24H,16-17H2,1-2H3,(H,29,33)(H,31,32). The quantitative estimate of drug-likeness (QED) is 0.454. The SMILES string of the molecule is CC(C)(OC(=O)CC(NC(=O)OCC1c2ccccc2-c2ccccc21)C(=O)O)c1ccccc1. The first kappa shape index (κ1) is 24.0. The molecule has 1 unspecified atom stereocenters. The van der Waals surface area contributed by atoms with Crippen LogP contribution in [0.2, 0.25) is 0 Å². The van der Waals surface area contributed by atoms with Crippen molar-refractivity contribution in [3.63, 3.8) is 0 Å². The fraction of sp³-hybridized carbons (Fsp3) is 0.250. The van der Waals surface area contributed by atoms with E-state index in [1.165, 1.54) is 0 Å². The molecule has 0 spiro atoms. The Balaban J connectivity index is 1.37. The molecule has 2 N–H and O–H groups in total. The van der Waals surface area contributed by atoms with E-state index in [0.717, 1.165) is 27.8 Å². The number of rotatable bonds is 8. The highest BCUT2D eigenvalue weighted by atomic mass is 16.6. The summed E-state index contributed by atoms with van der Waals surface area (Å²) in [6.07, 6.45) is -1.44. The summed E-state index contributed by atoms with van der Waals surface area (Å²) in [4.78, 5) is 36.7. The Morgan fingerprint density at radius 3 is 2.00 bits per heavy atom. The number of carboxylic acid groups (broad SMARTS) is 1. The average molecular weight is 474 g/mol. The summed E-state index contributed by atoms with van der Waals surface area (Å²) in [5.41, 5.74) is 4.08. The fourth-order valence-corrected chi connectivity index (χ4v) is 4.37. The van der Waals surface area contributed by atoms with Crippen LogP contribution in [0.1, 0.15) is 42.9 Å². The average Bonchev–Trinajstić information content (AvgIpc) is 3.16. The van der Waals surface area contributed by atoms with Gasteiger partial charge in [-0.15, -0.1) is 0 Å². The van der Waals surface area contributed by atoms with E-state index in [1.54, 1.807) is 13.8 Å². The number of fused-ring (bicyclic) bond motifs is 3. The number of ether oxygens (including phenoxy) is 2. The van der Waals surface area contributed by atoms with Crippen LogP contribution in [0.5, 0.6) is 0 Å². The van der Waals surface area contributed by atoms with Crippen LogP contribution in [-0.4, -0.2) is 35.8 Å². The van der Waals surface area contributed by atoms with Crippen LogP contribution in [0.4, 0.5) is 4.79 Å². The lowest BCUT2D eigenvalue weighted by Crippen LogP contribution is -2.43. The zero-order valence-corrected chi connectivity index (χ0v) is 19.6. The van der Waals surface area contributed by atoms with Crippen molar-refractivity contribution in [2.75, 3.05) is 6.61 Å². The number of benzene rings is 3. The maximum Gasteiger partial charge on any atom is 0.407 e. The molecule has 7 nitrogen and oxygen atoms in total. The summed E-state index contributed by atoms with van der Waals surface area (Å²) in [7, 11) is 0. The predicted octanol–water partition coefficient (Wildman–Crippen LogP) is 4.85. The molecule has 0 bridgehead atoms. The van der Waals surface area contributed by atoms with Crippen LogP contribution in [0, 0.1) is 0 Å². The summed E-state index contributed by atoms with van der Waals surface area (Å²) < 4.78 is 10.9. The molecule has 4 rings (SSSR count). The van der Waals surface area contributed by atoms with Crippen molar-refractivity contribution in [2.24, 2.45) is 0 Å².